The zero-order valence-corrected chi connectivity index (χ0v) is 40.9. The number of aliphatic hydroxyl groups excluding tert-OH is 2. The fraction of sp³-hybridized carbons (Fsp3) is 0.891. The van der Waals surface area contributed by atoms with Crippen molar-refractivity contribution in [3.05, 3.63) is 24.3 Å². The summed E-state index contributed by atoms with van der Waals surface area (Å²) in [5.74, 6) is -0.0711. The summed E-state index contributed by atoms with van der Waals surface area (Å²) in [5.41, 5.74) is 0. The number of nitrogens with one attached hydrogen (secondary N) is 1. The van der Waals surface area contributed by atoms with Gasteiger partial charge in [-0.15, -0.1) is 0 Å². The van der Waals surface area contributed by atoms with Crippen LogP contribution in [-0.4, -0.2) is 47.4 Å². The minimum absolute atomic E-state index is 0.00674. The number of allylic oxidation sites excluding steroid dienone is 3. The largest absolute Gasteiger partial charge is 0.466 e. The predicted molar refractivity (Wildman–Crippen MR) is 264 cm³/mol. The van der Waals surface area contributed by atoms with Crippen molar-refractivity contribution in [2.45, 2.75) is 302 Å². The van der Waals surface area contributed by atoms with E-state index in [-0.39, 0.29) is 18.5 Å². The molecule has 0 aromatic heterocycles. The third-order valence-corrected chi connectivity index (χ3v) is 12.5. The first-order valence-corrected chi connectivity index (χ1v) is 27.1. The molecule has 0 rings (SSSR count). The molecule has 0 saturated heterocycles. The fourth-order valence-corrected chi connectivity index (χ4v) is 8.27. The average molecular weight is 860 g/mol. The Balaban J connectivity index is 3.44. The van der Waals surface area contributed by atoms with Crippen LogP contribution in [0.1, 0.15) is 290 Å². The molecule has 0 aliphatic carbocycles. The van der Waals surface area contributed by atoms with E-state index < -0.39 is 12.1 Å². The second kappa shape index (κ2) is 51.0. The van der Waals surface area contributed by atoms with Crippen LogP contribution in [0.25, 0.3) is 0 Å². The number of ether oxygens (including phenoxy) is 1. The Morgan fingerprint density at radius 2 is 0.770 bits per heavy atom. The van der Waals surface area contributed by atoms with Crippen molar-refractivity contribution in [1.29, 1.82) is 0 Å². The maximum absolute atomic E-state index is 12.4. The van der Waals surface area contributed by atoms with E-state index in [0.29, 0.717) is 19.4 Å². The molecule has 6 heteroatoms. The van der Waals surface area contributed by atoms with Crippen LogP contribution in [0.15, 0.2) is 24.3 Å². The molecule has 2 unspecified atom stereocenters. The lowest BCUT2D eigenvalue weighted by molar-refractivity contribution is -0.143. The molecule has 61 heavy (non-hydrogen) atoms. The molecule has 0 heterocycles. The summed E-state index contributed by atoms with van der Waals surface area (Å²) in [6.07, 6.45) is 60.5. The molecule has 1 amide bonds. The molecule has 0 fully saturated rings. The topological polar surface area (TPSA) is 95.9 Å². The summed E-state index contributed by atoms with van der Waals surface area (Å²) >= 11 is 0. The predicted octanol–water partition coefficient (Wildman–Crippen LogP) is 16.3. The minimum atomic E-state index is -0.848. The van der Waals surface area contributed by atoms with Gasteiger partial charge in [-0.3, -0.25) is 9.59 Å². The van der Waals surface area contributed by atoms with Crippen molar-refractivity contribution < 1.29 is 24.5 Å². The zero-order valence-electron chi connectivity index (χ0n) is 40.9. The van der Waals surface area contributed by atoms with Crippen LogP contribution in [0.4, 0.5) is 0 Å². The second-order valence-corrected chi connectivity index (χ2v) is 18.6. The maximum atomic E-state index is 12.4. The van der Waals surface area contributed by atoms with E-state index in [4.69, 9.17) is 4.74 Å². The van der Waals surface area contributed by atoms with Gasteiger partial charge in [0.25, 0.3) is 0 Å². The molecule has 0 aromatic carbocycles. The molecule has 0 aromatic rings. The van der Waals surface area contributed by atoms with Gasteiger partial charge in [0, 0.05) is 12.8 Å². The Kier molecular flexibility index (Phi) is 49.6. The van der Waals surface area contributed by atoms with Gasteiger partial charge >= 0.3 is 5.97 Å². The Labute approximate surface area is 380 Å². The first kappa shape index (κ1) is 59.3. The number of carbonyl (C=O) groups excluding carboxylic acids is 2. The minimum Gasteiger partial charge on any atom is -0.466 e. The van der Waals surface area contributed by atoms with E-state index >= 15 is 0 Å². The van der Waals surface area contributed by atoms with Crippen LogP contribution < -0.4 is 5.32 Å². The Hall–Kier alpha value is -1.66. The number of amides is 1. The summed E-state index contributed by atoms with van der Waals surface area (Å²) in [4.78, 5) is 24.4. The van der Waals surface area contributed by atoms with Gasteiger partial charge in [-0.05, 0) is 57.8 Å². The maximum Gasteiger partial charge on any atom is 0.305 e. The summed E-state index contributed by atoms with van der Waals surface area (Å²) in [5, 5.41) is 23.0. The van der Waals surface area contributed by atoms with Crippen LogP contribution in [0.3, 0.4) is 0 Å². The molecular formula is C55H105NO5. The smallest absolute Gasteiger partial charge is 0.305 e. The van der Waals surface area contributed by atoms with Crippen molar-refractivity contribution in [3.63, 3.8) is 0 Å². The highest BCUT2D eigenvalue weighted by atomic mass is 16.5. The number of rotatable bonds is 50. The van der Waals surface area contributed by atoms with E-state index in [2.05, 4.69) is 31.3 Å². The lowest BCUT2D eigenvalue weighted by Crippen LogP contribution is -2.45. The molecule has 0 radical (unpaired) electrons. The average Bonchev–Trinajstić information content (AvgIpc) is 3.26. The number of unbranched alkanes of at least 4 members (excludes halogenated alkanes) is 37. The summed E-state index contributed by atoms with van der Waals surface area (Å²) in [7, 11) is 0. The van der Waals surface area contributed by atoms with Crippen LogP contribution in [0, 0.1) is 0 Å². The van der Waals surface area contributed by atoms with Gasteiger partial charge in [0.2, 0.25) is 5.91 Å². The highest BCUT2D eigenvalue weighted by molar-refractivity contribution is 5.76. The third kappa shape index (κ3) is 47.7. The van der Waals surface area contributed by atoms with Gasteiger partial charge < -0.3 is 20.3 Å². The SMILES string of the molecule is CCCCCCCCCCC/C=C/C(O)C(CO)NC(=O)CCCCCCCCC/C=C\CCCCCCCCCCCOC(=O)CCCCCCCCCCCCCCC. The number of hydrogen-bond acceptors (Lipinski definition) is 5. The van der Waals surface area contributed by atoms with Crippen molar-refractivity contribution in [2.75, 3.05) is 13.2 Å². The van der Waals surface area contributed by atoms with Gasteiger partial charge in [-0.25, -0.2) is 0 Å². The lowest BCUT2D eigenvalue weighted by Gasteiger charge is -2.20. The Morgan fingerprint density at radius 3 is 1.16 bits per heavy atom. The van der Waals surface area contributed by atoms with E-state index in [1.807, 2.05) is 6.08 Å². The first-order valence-electron chi connectivity index (χ1n) is 27.1. The van der Waals surface area contributed by atoms with Crippen molar-refractivity contribution >= 4 is 11.9 Å². The summed E-state index contributed by atoms with van der Waals surface area (Å²) in [6.45, 7) is 4.88. The number of esters is 1. The molecule has 6 nitrogen and oxygen atoms in total. The Morgan fingerprint density at radius 1 is 0.443 bits per heavy atom. The molecule has 0 spiro atoms. The van der Waals surface area contributed by atoms with E-state index in [0.717, 1.165) is 44.9 Å². The zero-order chi connectivity index (χ0) is 44.4. The van der Waals surface area contributed by atoms with E-state index in [1.54, 1.807) is 6.08 Å². The van der Waals surface area contributed by atoms with Gasteiger partial charge in [-0.2, -0.15) is 0 Å². The van der Waals surface area contributed by atoms with Crippen LogP contribution in [0.5, 0.6) is 0 Å². The van der Waals surface area contributed by atoms with E-state index in [9.17, 15) is 19.8 Å². The second-order valence-electron chi connectivity index (χ2n) is 18.6. The highest BCUT2D eigenvalue weighted by Crippen LogP contribution is 2.16. The molecule has 0 aliphatic heterocycles. The molecule has 360 valence electrons. The van der Waals surface area contributed by atoms with Crippen molar-refractivity contribution in [3.8, 4) is 0 Å². The highest BCUT2D eigenvalue weighted by Gasteiger charge is 2.18. The summed E-state index contributed by atoms with van der Waals surface area (Å²) < 4.78 is 5.47. The molecule has 0 aliphatic rings. The van der Waals surface area contributed by atoms with Gasteiger partial charge in [-0.1, -0.05) is 244 Å². The molecule has 3 N–H and O–H groups in total. The van der Waals surface area contributed by atoms with Crippen LogP contribution >= 0.6 is 0 Å². The normalized spacial score (nSPS) is 12.8. The fourth-order valence-electron chi connectivity index (χ4n) is 8.27. The standard InChI is InChI=1S/C55H105NO5/c1-3-5-7-9-11-13-15-24-29-33-37-41-45-49-55(60)61-50-46-42-38-34-30-26-23-21-19-17-16-18-20-22-25-28-32-36-40-44-48-54(59)56-52(51-57)53(58)47-43-39-35-31-27-14-12-10-8-6-4-2/h16,18,43,47,52-53,57-58H,3-15,17,19-42,44-46,48-51H2,1-2H3,(H,56,59)/b18-16-,47-43+. The Bertz CT molecular complexity index is 951. The van der Waals surface area contributed by atoms with Gasteiger partial charge in [0.05, 0.1) is 25.4 Å². The first-order chi connectivity index (χ1) is 30.0. The monoisotopic (exact) mass is 860 g/mol. The van der Waals surface area contributed by atoms with Gasteiger partial charge in [0.1, 0.15) is 0 Å². The molecular weight excluding hydrogens is 755 g/mol. The van der Waals surface area contributed by atoms with Gasteiger partial charge in [0.15, 0.2) is 0 Å². The number of carbonyl (C=O) groups is 2. The quantitative estimate of drug-likeness (QED) is 0.0322. The molecule has 0 saturated carbocycles. The number of hydrogen-bond donors (Lipinski definition) is 3. The van der Waals surface area contributed by atoms with Crippen molar-refractivity contribution in [2.24, 2.45) is 0 Å². The summed E-state index contributed by atoms with van der Waals surface area (Å²) in [6, 6.07) is -0.632. The van der Waals surface area contributed by atoms with E-state index in [1.165, 1.54) is 218 Å². The van der Waals surface area contributed by atoms with Crippen LogP contribution in [0.2, 0.25) is 0 Å². The third-order valence-electron chi connectivity index (χ3n) is 12.5. The molecule has 0 bridgehead atoms. The van der Waals surface area contributed by atoms with Crippen molar-refractivity contribution in [1.82, 2.24) is 5.32 Å². The number of aliphatic hydroxyl groups is 2. The molecule has 2 atom stereocenters. The lowest BCUT2D eigenvalue weighted by atomic mass is 10.0. The van der Waals surface area contributed by atoms with Crippen LogP contribution in [-0.2, 0) is 14.3 Å².